The molecule has 0 saturated carbocycles. The zero-order valence-corrected chi connectivity index (χ0v) is 13.6. The molecule has 0 spiro atoms. The average Bonchev–Trinajstić information content (AvgIpc) is 2.93. The van der Waals surface area contributed by atoms with Crippen LogP contribution in [0.5, 0.6) is 0 Å². The lowest BCUT2D eigenvalue weighted by Gasteiger charge is -2.09. The lowest BCUT2D eigenvalue weighted by Crippen LogP contribution is -2.13. The van der Waals surface area contributed by atoms with Gasteiger partial charge in [0.15, 0.2) is 0 Å². The molecule has 0 saturated heterocycles. The first-order valence-corrected chi connectivity index (χ1v) is 7.22. The van der Waals surface area contributed by atoms with Gasteiger partial charge in [-0.1, -0.05) is 18.2 Å². The van der Waals surface area contributed by atoms with Crippen LogP contribution < -0.4 is 5.32 Å². The van der Waals surface area contributed by atoms with Crippen molar-refractivity contribution in [1.82, 2.24) is 0 Å². The van der Waals surface area contributed by atoms with Gasteiger partial charge in [0.2, 0.25) is 0 Å². The molecule has 1 N–H and O–H groups in total. The van der Waals surface area contributed by atoms with Gasteiger partial charge in [-0.2, -0.15) is 0 Å². The van der Waals surface area contributed by atoms with Crippen LogP contribution in [0.1, 0.15) is 33.4 Å². The van der Waals surface area contributed by atoms with Crippen LogP contribution in [0.3, 0.4) is 0 Å². The van der Waals surface area contributed by atoms with E-state index in [9.17, 15) is 9.59 Å². The van der Waals surface area contributed by atoms with E-state index in [0.29, 0.717) is 17.0 Å². The minimum atomic E-state index is -0.575. The maximum atomic E-state index is 12.1. The van der Waals surface area contributed by atoms with Crippen molar-refractivity contribution < 1.29 is 18.7 Å². The maximum absolute atomic E-state index is 12.1. The Bertz CT molecular complexity index is 764. The van der Waals surface area contributed by atoms with Gasteiger partial charge in [-0.25, -0.2) is 4.79 Å². The smallest absolute Gasteiger partial charge is 0.340 e. The standard InChI is InChI=1S/C17H16ClNO4/c1-10(2)9-23-17(21)14-8-12(4-5-15(14)18)19-16(20)13-6-7-22-11(13)3/h4-8H,1,9H2,2-3H3,(H,19,20). The summed E-state index contributed by atoms with van der Waals surface area (Å²) in [6, 6.07) is 6.17. The number of furan rings is 1. The maximum Gasteiger partial charge on any atom is 0.340 e. The Morgan fingerprint density at radius 3 is 2.65 bits per heavy atom. The largest absolute Gasteiger partial charge is 0.469 e. The Morgan fingerprint density at radius 1 is 1.30 bits per heavy atom. The second-order valence-corrected chi connectivity index (χ2v) is 5.48. The van der Waals surface area contributed by atoms with Crippen molar-refractivity contribution in [3.05, 3.63) is 64.6 Å². The summed E-state index contributed by atoms with van der Waals surface area (Å²) in [6.45, 7) is 7.21. The molecule has 5 nitrogen and oxygen atoms in total. The third-order valence-electron chi connectivity index (χ3n) is 3.00. The summed E-state index contributed by atoms with van der Waals surface area (Å²) >= 11 is 6.02. The first-order valence-electron chi connectivity index (χ1n) is 6.85. The second kappa shape index (κ2) is 7.15. The number of carbonyl (C=O) groups excluding carboxylic acids is 2. The van der Waals surface area contributed by atoms with Crippen molar-refractivity contribution >= 4 is 29.2 Å². The summed E-state index contributed by atoms with van der Waals surface area (Å²) in [4.78, 5) is 24.2. The number of anilines is 1. The molecule has 23 heavy (non-hydrogen) atoms. The van der Waals surface area contributed by atoms with E-state index in [1.807, 2.05) is 0 Å². The number of nitrogens with one attached hydrogen (secondary N) is 1. The van der Waals surface area contributed by atoms with Crippen LogP contribution >= 0.6 is 11.6 Å². The normalized spacial score (nSPS) is 10.2. The van der Waals surface area contributed by atoms with Gasteiger partial charge in [0.1, 0.15) is 12.4 Å². The average molecular weight is 334 g/mol. The van der Waals surface area contributed by atoms with Gasteiger partial charge in [0, 0.05) is 5.69 Å². The molecule has 1 amide bonds. The number of ether oxygens (including phenoxy) is 1. The number of amides is 1. The summed E-state index contributed by atoms with van der Waals surface area (Å²) in [5, 5.41) is 2.93. The van der Waals surface area contributed by atoms with E-state index in [4.69, 9.17) is 20.8 Å². The summed E-state index contributed by atoms with van der Waals surface area (Å²) in [5.74, 6) is -0.397. The molecule has 0 aliphatic heterocycles. The minimum absolute atomic E-state index is 0.111. The quantitative estimate of drug-likeness (QED) is 0.656. The fraction of sp³-hybridized carbons (Fsp3) is 0.176. The first kappa shape index (κ1) is 16.8. The Labute approximate surface area is 138 Å². The van der Waals surface area contributed by atoms with Crippen molar-refractivity contribution in [1.29, 1.82) is 0 Å². The number of carbonyl (C=O) groups is 2. The summed E-state index contributed by atoms with van der Waals surface area (Å²) in [5.41, 5.74) is 1.75. The van der Waals surface area contributed by atoms with Crippen LogP contribution in [-0.4, -0.2) is 18.5 Å². The minimum Gasteiger partial charge on any atom is -0.469 e. The van der Waals surface area contributed by atoms with Crippen LogP contribution in [0.15, 0.2) is 47.1 Å². The fourth-order valence-corrected chi connectivity index (χ4v) is 2.04. The predicted molar refractivity (Wildman–Crippen MR) is 87.9 cm³/mol. The van der Waals surface area contributed by atoms with E-state index < -0.39 is 5.97 Å². The fourth-order valence-electron chi connectivity index (χ4n) is 1.84. The highest BCUT2D eigenvalue weighted by atomic mass is 35.5. The molecule has 2 rings (SSSR count). The molecule has 0 aliphatic rings. The van der Waals surface area contributed by atoms with Crippen molar-refractivity contribution in [2.45, 2.75) is 13.8 Å². The van der Waals surface area contributed by atoms with Gasteiger partial charge in [-0.15, -0.1) is 0 Å². The third kappa shape index (κ3) is 4.23. The number of rotatable bonds is 5. The summed E-state index contributed by atoms with van der Waals surface area (Å²) in [6.07, 6.45) is 1.44. The molecule has 0 fully saturated rings. The number of aryl methyl sites for hydroxylation is 1. The zero-order valence-electron chi connectivity index (χ0n) is 12.8. The molecule has 0 unspecified atom stereocenters. The number of benzene rings is 1. The Balaban J connectivity index is 2.17. The lowest BCUT2D eigenvalue weighted by atomic mass is 10.2. The molecule has 1 heterocycles. The highest BCUT2D eigenvalue weighted by molar-refractivity contribution is 6.33. The van der Waals surface area contributed by atoms with E-state index in [1.54, 1.807) is 26.0 Å². The Kier molecular flexibility index (Phi) is 5.24. The van der Waals surface area contributed by atoms with Gasteiger partial charge in [-0.05, 0) is 43.7 Å². The van der Waals surface area contributed by atoms with E-state index in [2.05, 4.69) is 11.9 Å². The van der Waals surface area contributed by atoms with Crippen LogP contribution in [0.25, 0.3) is 0 Å². The van der Waals surface area contributed by atoms with Gasteiger partial charge in [0.05, 0.1) is 22.4 Å². The molecule has 0 radical (unpaired) electrons. The number of esters is 1. The van der Waals surface area contributed by atoms with Gasteiger partial charge in [-0.3, -0.25) is 4.79 Å². The van der Waals surface area contributed by atoms with E-state index in [0.717, 1.165) is 5.57 Å². The van der Waals surface area contributed by atoms with E-state index in [-0.39, 0.29) is 23.1 Å². The highest BCUT2D eigenvalue weighted by Crippen LogP contribution is 2.22. The van der Waals surface area contributed by atoms with Crippen LogP contribution in [0.4, 0.5) is 5.69 Å². The second-order valence-electron chi connectivity index (χ2n) is 5.07. The van der Waals surface area contributed by atoms with Crippen molar-refractivity contribution in [2.75, 3.05) is 11.9 Å². The topological polar surface area (TPSA) is 68.5 Å². The predicted octanol–water partition coefficient (Wildman–Crippen LogP) is 4.23. The number of hydrogen-bond acceptors (Lipinski definition) is 4. The molecule has 120 valence electrons. The van der Waals surface area contributed by atoms with Crippen LogP contribution in [0.2, 0.25) is 5.02 Å². The molecule has 0 aliphatic carbocycles. The van der Waals surface area contributed by atoms with E-state index in [1.165, 1.54) is 18.4 Å². The first-order chi connectivity index (χ1) is 10.9. The molecule has 2 aromatic rings. The Hall–Kier alpha value is -2.53. The third-order valence-corrected chi connectivity index (χ3v) is 3.33. The van der Waals surface area contributed by atoms with Crippen molar-refractivity contribution in [2.24, 2.45) is 0 Å². The highest BCUT2D eigenvalue weighted by Gasteiger charge is 2.16. The monoisotopic (exact) mass is 333 g/mol. The molecule has 1 aromatic carbocycles. The summed E-state index contributed by atoms with van der Waals surface area (Å²) < 4.78 is 10.2. The number of halogens is 1. The molecular formula is C17H16ClNO4. The van der Waals surface area contributed by atoms with Gasteiger partial charge in [0.25, 0.3) is 5.91 Å². The van der Waals surface area contributed by atoms with Gasteiger partial charge >= 0.3 is 5.97 Å². The molecule has 0 atom stereocenters. The molecule has 0 bridgehead atoms. The SMILES string of the molecule is C=C(C)COC(=O)c1cc(NC(=O)c2ccoc2C)ccc1Cl. The summed E-state index contributed by atoms with van der Waals surface area (Å²) in [7, 11) is 0. The van der Waals surface area contributed by atoms with Crippen LogP contribution in [-0.2, 0) is 4.74 Å². The molecule has 1 aromatic heterocycles. The van der Waals surface area contributed by atoms with Crippen molar-refractivity contribution in [3.63, 3.8) is 0 Å². The van der Waals surface area contributed by atoms with E-state index >= 15 is 0 Å². The number of hydrogen-bond donors (Lipinski definition) is 1. The van der Waals surface area contributed by atoms with Crippen LogP contribution in [0, 0.1) is 6.92 Å². The molecule has 6 heteroatoms. The lowest BCUT2D eigenvalue weighted by molar-refractivity contribution is 0.0540. The zero-order chi connectivity index (χ0) is 17.0. The van der Waals surface area contributed by atoms with Crippen molar-refractivity contribution in [3.8, 4) is 0 Å². The Morgan fingerprint density at radius 2 is 2.04 bits per heavy atom. The molecular weight excluding hydrogens is 318 g/mol. The van der Waals surface area contributed by atoms with Gasteiger partial charge < -0.3 is 14.5 Å².